The highest BCUT2D eigenvalue weighted by molar-refractivity contribution is 9.10. The molecule has 8 heteroatoms. The topological polar surface area (TPSA) is 78.1 Å². The van der Waals surface area contributed by atoms with E-state index < -0.39 is 0 Å². The van der Waals surface area contributed by atoms with E-state index in [2.05, 4.69) is 41.6 Å². The quantitative estimate of drug-likeness (QED) is 0.390. The average molecular weight is 373 g/mol. The van der Waals surface area contributed by atoms with Crippen LogP contribution in [0.1, 0.15) is 17.1 Å². The van der Waals surface area contributed by atoms with Gasteiger partial charge in [-0.25, -0.2) is 9.67 Å². The van der Waals surface area contributed by atoms with Crippen LogP contribution in [0.25, 0.3) is 0 Å². The molecule has 0 fully saturated rings. The number of pyridine rings is 1. The monoisotopic (exact) mass is 372 g/mol. The average Bonchev–Trinajstić information content (AvgIpc) is 2.98. The maximum absolute atomic E-state index is 5.47. The van der Waals surface area contributed by atoms with Crippen LogP contribution in [-0.4, -0.2) is 30.9 Å². The molecule has 2 heterocycles. The fraction of sp³-hybridized carbons (Fsp3) is 0.133. The molecule has 0 amide bonds. The lowest BCUT2D eigenvalue weighted by Gasteiger charge is -2.05. The molecule has 3 aromatic rings. The van der Waals surface area contributed by atoms with E-state index in [1.54, 1.807) is 11.7 Å². The van der Waals surface area contributed by atoms with Gasteiger partial charge in [-0.15, -0.1) is 5.10 Å². The van der Waals surface area contributed by atoms with Crippen molar-refractivity contribution in [2.24, 2.45) is 12.2 Å². The Morgan fingerprint density at radius 1 is 1.17 bits per heavy atom. The Kier molecular flexibility index (Phi) is 4.72. The number of benzene rings is 1. The van der Waals surface area contributed by atoms with Crippen molar-refractivity contribution >= 4 is 21.6 Å². The second kappa shape index (κ2) is 7.10. The van der Waals surface area contributed by atoms with E-state index in [0.29, 0.717) is 11.5 Å². The first-order chi connectivity index (χ1) is 11.2. The number of rotatable bonds is 5. The third kappa shape index (κ3) is 3.78. The number of halogens is 1. The smallest absolute Gasteiger partial charge is 0.204 e. The molecule has 0 atom stereocenters. The zero-order chi connectivity index (χ0) is 16.1. The molecule has 2 aromatic heterocycles. The lowest BCUT2D eigenvalue weighted by molar-refractivity contribution is 0.128. The maximum atomic E-state index is 5.47. The maximum Gasteiger partial charge on any atom is 0.204 e. The Balaban J connectivity index is 1.85. The molecule has 7 nitrogen and oxygen atoms in total. The van der Waals surface area contributed by atoms with Crippen LogP contribution in [0.2, 0.25) is 0 Å². The van der Waals surface area contributed by atoms with E-state index in [9.17, 15) is 0 Å². The molecule has 0 saturated heterocycles. The first-order valence-corrected chi connectivity index (χ1v) is 7.63. The SMILES string of the molecule is Cn1nnnc1/C(=N/OCc1cccc(Br)n1)c1ccccc1. The second-order valence-electron chi connectivity index (χ2n) is 4.66. The number of hydrogen-bond donors (Lipinski definition) is 0. The summed E-state index contributed by atoms with van der Waals surface area (Å²) in [5.41, 5.74) is 2.20. The Hall–Kier alpha value is -2.61. The van der Waals surface area contributed by atoms with Gasteiger partial charge in [0.05, 0.1) is 5.69 Å². The number of nitrogens with zero attached hydrogens (tertiary/aromatic N) is 6. The molecule has 0 saturated carbocycles. The van der Waals surface area contributed by atoms with Gasteiger partial charge in [0.1, 0.15) is 4.60 Å². The van der Waals surface area contributed by atoms with Gasteiger partial charge in [-0.1, -0.05) is 41.6 Å². The number of tetrazole rings is 1. The van der Waals surface area contributed by atoms with Crippen LogP contribution in [0.3, 0.4) is 0 Å². The van der Waals surface area contributed by atoms with Crippen molar-refractivity contribution in [3.05, 3.63) is 70.2 Å². The zero-order valence-corrected chi connectivity index (χ0v) is 13.9. The van der Waals surface area contributed by atoms with E-state index in [1.807, 2.05) is 48.5 Å². The van der Waals surface area contributed by atoms with Crippen molar-refractivity contribution < 1.29 is 4.84 Å². The Morgan fingerprint density at radius 2 is 2.00 bits per heavy atom. The fourth-order valence-corrected chi connectivity index (χ4v) is 2.32. The molecule has 0 unspecified atom stereocenters. The molecule has 23 heavy (non-hydrogen) atoms. The fourth-order valence-electron chi connectivity index (χ4n) is 1.94. The largest absolute Gasteiger partial charge is 0.389 e. The highest BCUT2D eigenvalue weighted by atomic mass is 79.9. The second-order valence-corrected chi connectivity index (χ2v) is 5.47. The van der Waals surface area contributed by atoms with Crippen LogP contribution >= 0.6 is 15.9 Å². The third-order valence-electron chi connectivity index (χ3n) is 3.02. The lowest BCUT2D eigenvalue weighted by Crippen LogP contribution is -2.12. The molecule has 1 aromatic carbocycles. The standard InChI is InChI=1S/C15H13BrN6O/c1-22-15(18-20-21-22)14(11-6-3-2-4-7-11)19-23-10-12-8-5-9-13(16)17-12/h2-9H,10H2,1H3/b19-14+. The molecule has 0 aliphatic rings. The van der Waals surface area contributed by atoms with Gasteiger partial charge in [0.2, 0.25) is 5.82 Å². The molecule has 0 bridgehead atoms. The molecule has 0 aliphatic heterocycles. The van der Waals surface area contributed by atoms with Crippen LogP contribution in [0.4, 0.5) is 0 Å². The van der Waals surface area contributed by atoms with Crippen molar-refractivity contribution in [1.82, 2.24) is 25.2 Å². The Morgan fingerprint density at radius 3 is 2.70 bits per heavy atom. The molecule has 116 valence electrons. The number of hydrogen-bond acceptors (Lipinski definition) is 6. The van der Waals surface area contributed by atoms with Crippen molar-refractivity contribution in [2.75, 3.05) is 0 Å². The molecule has 0 N–H and O–H groups in total. The summed E-state index contributed by atoms with van der Waals surface area (Å²) in [6.07, 6.45) is 0. The number of oxime groups is 1. The van der Waals surface area contributed by atoms with Gasteiger partial charge >= 0.3 is 0 Å². The van der Waals surface area contributed by atoms with Crippen LogP contribution in [-0.2, 0) is 18.5 Å². The molecular formula is C15H13BrN6O. The van der Waals surface area contributed by atoms with Crippen LogP contribution in [0.15, 0.2) is 58.3 Å². The summed E-state index contributed by atoms with van der Waals surface area (Å²) in [7, 11) is 1.75. The van der Waals surface area contributed by atoms with Gasteiger partial charge in [0.15, 0.2) is 12.3 Å². The summed E-state index contributed by atoms with van der Waals surface area (Å²) in [6, 6.07) is 15.2. The summed E-state index contributed by atoms with van der Waals surface area (Å²) in [4.78, 5) is 9.77. The molecule has 0 radical (unpaired) electrons. The van der Waals surface area contributed by atoms with Crippen LogP contribution < -0.4 is 0 Å². The summed E-state index contributed by atoms with van der Waals surface area (Å²) in [5.74, 6) is 0.526. The summed E-state index contributed by atoms with van der Waals surface area (Å²) in [5, 5.41) is 15.7. The van der Waals surface area contributed by atoms with Gasteiger partial charge in [0, 0.05) is 12.6 Å². The normalized spacial score (nSPS) is 11.5. The lowest BCUT2D eigenvalue weighted by atomic mass is 10.1. The highest BCUT2D eigenvalue weighted by Gasteiger charge is 2.14. The third-order valence-corrected chi connectivity index (χ3v) is 3.46. The van der Waals surface area contributed by atoms with E-state index in [4.69, 9.17) is 4.84 Å². The Bertz CT molecular complexity index is 818. The Labute approximate surface area is 141 Å². The predicted octanol–water partition coefficient (Wildman–Crippen LogP) is 2.34. The van der Waals surface area contributed by atoms with Gasteiger partial charge < -0.3 is 4.84 Å². The molecule has 0 spiro atoms. The highest BCUT2D eigenvalue weighted by Crippen LogP contribution is 2.10. The summed E-state index contributed by atoms with van der Waals surface area (Å²) >= 11 is 3.33. The van der Waals surface area contributed by atoms with Gasteiger partial charge in [-0.2, -0.15) is 0 Å². The molecule has 0 aliphatic carbocycles. The van der Waals surface area contributed by atoms with Crippen molar-refractivity contribution in [2.45, 2.75) is 6.61 Å². The molecular weight excluding hydrogens is 360 g/mol. The van der Waals surface area contributed by atoms with Gasteiger partial charge in [0.25, 0.3) is 0 Å². The first-order valence-electron chi connectivity index (χ1n) is 6.83. The van der Waals surface area contributed by atoms with E-state index in [1.165, 1.54) is 0 Å². The van der Waals surface area contributed by atoms with Gasteiger partial charge in [-0.05, 0) is 38.5 Å². The number of aryl methyl sites for hydroxylation is 1. The van der Waals surface area contributed by atoms with Crippen LogP contribution in [0.5, 0.6) is 0 Å². The van der Waals surface area contributed by atoms with E-state index in [-0.39, 0.29) is 6.61 Å². The minimum absolute atomic E-state index is 0.251. The van der Waals surface area contributed by atoms with E-state index in [0.717, 1.165) is 15.9 Å². The predicted molar refractivity (Wildman–Crippen MR) is 87.6 cm³/mol. The van der Waals surface area contributed by atoms with E-state index >= 15 is 0 Å². The van der Waals surface area contributed by atoms with Crippen molar-refractivity contribution in [3.8, 4) is 0 Å². The van der Waals surface area contributed by atoms with Crippen LogP contribution in [0, 0.1) is 0 Å². The van der Waals surface area contributed by atoms with Crippen molar-refractivity contribution in [3.63, 3.8) is 0 Å². The zero-order valence-electron chi connectivity index (χ0n) is 12.3. The summed E-state index contributed by atoms with van der Waals surface area (Å²) < 4.78 is 2.30. The first kappa shape index (κ1) is 15.3. The minimum Gasteiger partial charge on any atom is -0.389 e. The van der Waals surface area contributed by atoms with Gasteiger partial charge in [-0.3, -0.25) is 0 Å². The summed E-state index contributed by atoms with van der Waals surface area (Å²) in [6.45, 7) is 0.251. The van der Waals surface area contributed by atoms with Crippen molar-refractivity contribution in [1.29, 1.82) is 0 Å². The molecule has 3 rings (SSSR count). The number of aromatic nitrogens is 5. The minimum atomic E-state index is 0.251.